The average Bonchev–Trinajstić information content (AvgIpc) is 3.10. The lowest BCUT2D eigenvalue weighted by molar-refractivity contribution is 0.0776. The van der Waals surface area contributed by atoms with Crippen molar-refractivity contribution in [1.82, 2.24) is 20.4 Å². The molecule has 1 aromatic heterocycles. The fourth-order valence-corrected chi connectivity index (χ4v) is 3.74. The van der Waals surface area contributed by atoms with Crippen LogP contribution in [0.1, 0.15) is 27.3 Å². The number of aromatic amines is 1. The van der Waals surface area contributed by atoms with Gasteiger partial charge in [0, 0.05) is 49.3 Å². The van der Waals surface area contributed by atoms with E-state index in [-0.39, 0.29) is 5.91 Å². The van der Waals surface area contributed by atoms with Crippen LogP contribution in [0.4, 0.5) is 0 Å². The molecule has 140 valence electrons. The molecule has 0 spiro atoms. The number of nitrogens with zero attached hydrogens (tertiary/aromatic N) is 2. The molecule has 0 fully saturated rings. The van der Waals surface area contributed by atoms with E-state index in [2.05, 4.69) is 15.5 Å². The lowest BCUT2D eigenvalue weighted by Crippen LogP contribution is -2.30. The molecule has 2 heterocycles. The molecule has 2 N–H and O–H groups in total. The van der Waals surface area contributed by atoms with Crippen LogP contribution in [0.25, 0.3) is 0 Å². The smallest absolute Gasteiger partial charge is 0.274 e. The van der Waals surface area contributed by atoms with Gasteiger partial charge in [-0.15, -0.1) is 11.8 Å². The second kappa shape index (κ2) is 8.01. The predicted molar refractivity (Wildman–Crippen MR) is 101 cm³/mol. The predicted octanol–water partition coefficient (Wildman–Crippen LogP) is 2.07. The van der Waals surface area contributed by atoms with Crippen molar-refractivity contribution in [1.29, 1.82) is 0 Å². The third-order valence-electron chi connectivity index (χ3n) is 4.55. The van der Waals surface area contributed by atoms with Crippen LogP contribution in [0.15, 0.2) is 17.0 Å². The number of fused-ring (bicyclic) bond motifs is 1. The molecule has 0 radical (unpaired) electrons. The number of carbonyl (C=O) groups is 1. The zero-order valence-electron chi connectivity index (χ0n) is 15.5. The topological polar surface area (TPSA) is 79.5 Å². The molecule has 1 aromatic carbocycles. The Hall–Kier alpha value is -2.19. The maximum atomic E-state index is 12.9. The molecule has 0 saturated heterocycles. The first-order valence-corrected chi connectivity index (χ1v) is 9.62. The van der Waals surface area contributed by atoms with Crippen LogP contribution in [0.3, 0.4) is 0 Å². The van der Waals surface area contributed by atoms with E-state index in [0.29, 0.717) is 30.3 Å². The molecule has 0 saturated carbocycles. The van der Waals surface area contributed by atoms with Gasteiger partial charge in [0.1, 0.15) is 0 Å². The number of hydrogen-bond donors (Lipinski definition) is 2. The molecule has 0 bridgehead atoms. The van der Waals surface area contributed by atoms with E-state index >= 15 is 0 Å². The van der Waals surface area contributed by atoms with E-state index in [0.717, 1.165) is 34.7 Å². The van der Waals surface area contributed by atoms with Crippen LogP contribution in [-0.2, 0) is 19.5 Å². The molecule has 8 heteroatoms. The lowest BCUT2D eigenvalue weighted by Gasteiger charge is -2.21. The Bertz CT molecular complexity index is 806. The Morgan fingerprint density at radius 1 is 1.31 bits per heavy atom. The zero-order valence-corrected chi connectivity index (χ0v) is 16.3. The van der Waals surface area contributed by atoms with Gasteiger partial charge in [-0.05, 0) is 24.0 Å². The summed E-state index contributed by atoms with van der Waals surface area (Å²) in [6, 6.07) is 3.87. The van der Waals surface area contributed by atoms with Crippen molar-refractivity contribution in [3.05, 3.63) is 34.6 Å². The fraction of sp³-hybridized carbons (Fsp3) is 0.444. The summed E-state index contributed by atoms with van der Waals surface area (Å²) in [5.74, 6) is 1.25. The van der Waals surface area contributed by atoms with E-state index in [1.54, 1.807) is 37.9 Å². The van der Waals surface area contributed by atoms with Crippen molar-refractivity contribution in [3.8, 4) is 11.5 Å². The number of amides is 1. The first kappa shape index (κ1) is 18.6. The highest BCUT2D eigenvalue weighted by Crippen LogP contribution is 2.35. The van der Waals surface area contributed by atoms with Crippen LogP contribution >= 0.6 is 11.8 Å². The summed E-state index contributed by atoms with van der Waals surface area (Å²) in [6.07, 6.45) is 2.87. The van der Waals surface area contributed by atoms with Crippen molar-refractivity contribution < 1.29 is 14.3 Å². The van der Waals surface area contributed by atoms with Gasteiger partial charge in [-0.3, -0.25) is 9.89 Å². The van der Waals surface area contributed by atoms with Gasteiger partial charge < -0.3 is 19.7 Å². The third kappa shape index (κ3) is 3.52. The molecular weight excluding hydrogens is 352 g/mol. The summed E-state index contributed by atoms with van der Waals surface area (Å²) >= 11 is 1.61. The normalized spacial score (nSPS) is 13.2. The molecule has 0 atom stereocenters. The number of carbonyl (C=O) groups excluding carboxylic acids is 1. The van der Waals surface area contributed by atoms with Gasteiger partial charge >= 0.3 is 0 Å². The Labute approximate surface area is 157 Å². The van der Waals surface area contributed by atoms with Crippen molar-refractivity contribution >= 4 is 17.7 Å². The van der Waals surface area contributed by atoms with Crippen LogP contribution in [0.2, 0.25) is 0 Å². The van der Waals surface area contributed by atoms with Crippen molar-refractivity contribution in [2.45, 2.75) is 24.4 Å². The SMILES string of the molecule is COc1cc(CN(C)C(=O)c2n[nH]c3c2CNCC3)c(SC)cc1OC. The van der Waals surface area contributed by atoms with Crippen LogP contribution in [0, 0.1) is 0 Å². The summed E-state index contributed by atoms with van der Waals surface area (Å²) in [4.78, 5) is 15.6. The number of ether oxygens (including phenoxy) is 2. The lowest BCUT2D eigenvalue weighted by atomic mass is 10.1. The zero-order chi connectivity index (χ0) is 18.7. The monoisotopic (exact) mass is 376 g/mol. The van der Waals surface area contributed by atoms with E-state index in [1.807, 2.05) is 18.4 Å². The van der Waals surface area contributed by atoms with Crippen LogP contribution in [-0.4, -0.2) is 55.1 Å². The average molecular weight is 376 g/mol. The molecule has 7 nitrogen and oxygen atoms in total. The first-order chi connectivity index (χ1) is 12.6. The number of rotatable bonds is 6. The van der Waals surface area contributed by atoms with Crippen LogP contribution in [0.5, 0.6) is 11.5 Å². The summed E-state index contributed by atoms with van der Waals surface area (Å²) < 4.78 is 10.8. The van der Waals surface area contributed by atoms with Gasteiger partial charge in [-0.2, -0.15) is 5.10 Å². The van der Waals surface area contributed by atoms with Gasteiger partial charge in [0.15, 0.2) is 17.2 Å². The third-order valence-corrected chi connectivity index (χ3v) is 5.37. The molecule has 1 amide bonds. The molecule has 26 heavy (non-hydrogen) atoms. The van der Waals surface area contributed by atoms with E-state index in [4.69, 9.17) is 9.47 Å². The molecule has 0 unspecified atom stereocenters. The summed E-state index contributed by atoms with van der Waals surface area (Å²) in [5.41, 5.74) is 3.54. The van der Waals surface area contributed by atoms with Gasteiger partial charge in [0.05, 0.1) is 14.2 Å². The number of thioether (sulfide) groups is 1. The van der Waals surface area contributed by atoms with Crippen LogP contribution < -0.4 is 14.8 Å². The first-order valence-electron chi connectivity index (χ1n) is 8.40. The number of aromatic nitrogens is 2. The summed E-state index contributed by atoms with van der Waals surface area (Å²) in [5, 5.41) is 10.6. The number of H-pyrrole nitrogens is 1. The molecule has 1 aliphatic heterocycles. The number of nitrogens with one attached hydrogen (secondary N) is 2. The van der Waals surface area contributed by atoms with E-state index in [1.165, 1.54) is 0 Å². The highest BCUT2D eigenvalue weighted by atomic mass is 32.2. The minimum absolute atomic E-state index is 0.0898. The maximum Gasteiger partial charge on any atom is 0.274 e. The molecular formula is C18H24N4O3S. The Morgan fingerprint density at radius 3 is 2.73 bits per heavy atom. The summed E-state index contributed by atoms with van der Waals surface area (Å²) in [6.45, 7) is 2.04. The number of hydrogen-bond acceptors (Lipinski definition) is 6. The van der Waals surface area contributed by atoms with E-state index < -0.39 is 0 Å². The highest BCUT2D eigenvalue weighted by molar-refractivity contribution is 7.98. The Morgan fingerprint density at radius 2 is 2.04 bits per heavy atom. The minimum Gasteiger partial charge on any atom is -0.493 e. The number of benzene rings is 1. The Balaban J connectivity index is 1.84. The van der Waals surface area contributed by atoms with Crippen molar-refractivity contribution in [2.24, 2.45) is 0 Å². The van der Waals surface area contributed by atoms with E-state index in [9.17, 15) is 4.79 Å². The molecule has 0 aliphatic carbocycles. The summed E-state index contributed by atoms with van der Waals surface area (Å²) in [7, 11) is 5.02. The van der Waals surface area contributed by atoms with Gasteiger partial charge in [-0.1, -0.05) is 0 Å². The van der Waals surface area contributed by atoms with Gasteiger partial charge in [0.2, 0.25) is 0 Å². The van der Waals surface area contributed by atoms with Gasteiger partial charge in [-0.25, -0.2) is 0 Å². The van der Waals surface area contributed by atoms with Gasteiger partial charge in [0.25, 0.3) is 5.91 Å². The standard InChI is InChI=1S/C18H24N4O3S/c1-22(18(23)17-12-9-19-6-5-13(12)20-21-17)10-11-7-14(24-2)15(25-3)8-16(11)26-4/h7-8,19H,5-6,9-10H2,1-4H3,(H,20,21). The van der Waals surface area contributed by atoms with Crippen molar-refractivity contribution in [2.75, 3.05) is 34.1 Å². The second-order valence-electron chi connectivity index (χ2n) is 6.14. The molecule has 3 rings (SSSR count). The molecule has 1 aliphatic rings. The largest absolute Gasteiger partial charge is 0.493 e. The Kier molecular flexibility index (Phi) is 5.73. The quantitative estimate of drug-likeness (QED) is 0.752. The van der Waals surface area contributed by atoms with Crippen molar-refractivity contribution in [3.63, 3.8) is 0 Å². The number of methoxy groups -OCH3 is 2. The second-order valence-corrected chi connectivity index (χ2v) is 6.98. The maximum absolute atomic E-state index is 12.9. The minimum atomic E-state index is -0.0898. The fourth-order valence-electron chi connectivity index (χ4n) is 3.13. The molecule has 2 aromatic rings. The highest BCUT2D eigenvalue weighted by Gasteiger charge is 2.24.